The summed E-state index contributed by atoms with van der Waals surface area (Å²) in [5.41, 5.74) is 1.03. The number of amides is 1. The molecule has 1 aromatic carbocycles. The lowest BCUT2D eigenvalue weighted by atomic mass is 9.96. The fourth-order valence-corrected chi connectivity index (χ4v) is 4.85. The van der Waals surface area contributed by atoms with Gasteiger partial charge < -0.3 is 14.2 Å². The van der Waals surface area contributed by atoms with Crippen LogP contribution < -0.4 is 5.32 Å². The van der Waals surface area contributed by atoms with Crippen LogP contribution in [-0.2, 0) is 15.5 Å². The van der Waals surface area contributed by atoms with Crippen molar-refractivity contribution in [2.45, 2.75) is 37.5 Å². The lowest BCUT2D eigenvalue weighted by Crippen LogP contribution is -2.57. The molecule has 3 rings (SSSR count). The van der Waals surface area contributed by atoms with Gasteiger partial charge in [0, 0.05) is 19.6 Å². The van der Waals surface area contributed by atoms with Gasteiger partial charge in [-0.2, -0.15) is 17.0 Å². The van der Waals surface area contributed by atoms with Crippen molar-refractivity contribution in [2.75, 3.05) is 25.1 Å². The molecule has 2 aliphatic heterocycles. The molecule has 156 valence electrons. The molecule has 2 aliphatic rings. The van der Waals surface area contributed by atoms with Crippen LogP contribution in [0.5, 0.6) is 0 Å². The van der Waals surface area contributed by atoms with Gasteiger partial charge >= 0.3 is 6.16 Å². The maximum Gasteiger partial charge on any atom is 0.519 e. The predicted molar refractivity (Wildman–Crippen MR) is 112 cm³/mol. The highest BCUT2D eigenvalue weighted by molar-refractivity contribution is 7.98. The molecule has 2 N–H and O–H groups in total. The number of nitriles is 1. The largest absolute Gasteiger partial charge is 0.519 e. The molecule has 1 amide bonds. The topological polar surface area (TPSA) is 106 Å². The fourth-order valence-electron chi connectivity index (χ4n) is 3.87. The number of thioether (sulfide) groups is 1. The van der Waals surface area contributed by atoms with E-state index in [9.17, 15) is 9.59 Å². The minimum absolute atomic E-state index is 0.0873. The molecule has 8 nitrogen and oxygen atoms in total. The number of rotatable bonds is 7. The standard InChI is InChI=1S/C19H24N4O4S2/c1-28-10-5-16-17(24)23(13-15-4-2-3-14(11-15)12-20)19(21-16)6-8-22(9-7-19)29-27-18(25)26/h2-4,11,16,21H,5-10,13H2,1H3,(H,25,26). The smallest absolute Gasteiger partial charge is 0.449 e. The first-order valence-electron chi connectivity index (χ1n) is 9.37. The van der Waals surface area contributed by atoms with Crippen molar-refractivity contribution in [3.05, 3.63) is 35.4 Å². The van der Waals surface area contributed by atoms with Crippen LogP contribution in [0.1, 0.15) is 30.4 Å². The van der Waals surface area contributed by atoms with Crippen molar-refractivity contribution in [1.82, 2.24) is 14.5 Å². The first kappa shape index (κ1) is 21.8. The monoisotopic (exact) mass is 436 g/mol. The van der Waals surface area contributed by atoms with E-state index in [-0.39, 0.29) is 11.9 Å². The third-order valence-electron chi connectivity index (χ3n) is 5.29. The third kappa shape index (κ3) is 5.17. The van der Waals surface area contributed by atoms with Crippen molar-refractivity contribution in [1.29, 1.82) is 5.26 Å². The molecular formula is C19H24N4O4S2. The van der Waals surface area contributed by atoms with Gasteiger partial charge in [0.15, 0.2) is 12.2 Å². The quantitative estimate of drug-likeness (QED) is 0.493. The first-order chi connectivity index (χ1) is 14.0. The van der Waals surface area contributed by atoms with Gasteiger partial charge in [0.2, 0.25) is 5.91 Å². The molecule has 2 saturated heterocycles. The van der Waals surface area contributed by atoms with E-state index < -0.39 is 11.8 Å². The van der Waals surface area contributed by atoms with E-state index in [1.165, 1.54) is 0 Å². The highest BCUT2D eigenvalue weighted by atomic mass is 32.2. The van der Waals surface area contributed by atoms with Crippen LogP contribution in [0.25, 0.3) is 0 Å². The second-order valence-corrected chi connectivity index (χ2v) is 8.92. The van der Waals surface area contributed by atoms with Gasteiger partial charge in [-0.1, -0.05) is 12.1 Å². The molecule has 0 aromatic heterocycles. The Morgan fingerprint density at radius 2 is 2.21 bits per heavy atom. The molecule has 1 unspecified atom stereocenters. The minimum atomic E-state index is -1.32. The molecule has 2 heterocycles. The van der Waals surface area contributed by atoms with Crippen LogP contribution in [0.15, 0.2) is 24.3 Å². The van der Waals surface area contributed by atoms with Crippen molar-refractivity contribution >= 4 is 36.1 Å². The Bertz CT molecular complexity index is 793. The summed E-state index contributed by atoms with van der Waals surface area (Å²) in [5, 5.41) is 21.4. The van der Waals surface area contributed by atoms with Crippen LogP contribution in [-0.4, -0.2) is 63.2 Å². The van der Waals surface area contributed by atoms with Crippen LogP contribution >= 0.6 is 24.0 Å². The Labute approximate surface area is 178 Å². The molecule has 0 bridgehead atoms. The SMILES string of the molecule is CSCCC1NC2(CCN(SOC(=O)O)CC2)N(Cc2cccc(C#N)c2)C1=O. The highest BCUT2D eigenvalue weighted by Gasteiger charge is 2.51. The zero-order valence-electron chi connectivity index (χ0n) is 16.2. The Hall–Kier alpha value is -1.93. The molecule has 10 heteroatoms. The van der Waals surface area contributed by atoms with Crippen LogP contribution in [0.3, 0.4) is 0 Å². The molecular weight excluding hydrogens is 412 g/mol. The maximum atomic E-state index is 13.2. The van der Waals surface area contributed by atoms with Gasteiger partial charge in [-0.3, -0.25) is 10.1 Å². The fraction of sp³-hybridized carbons (Fsp3) is 0.526. The zero-order chi connectivity index (χ0) is 20.9. The predicted octanol–water partition coefficient (Wildman–Crippen LogP) is 2.66. The van der Waals surface area contributed by atoms with E-state index in [1.54, 1.807) is 17.8 Å². The summed E-state index contributed by atoms with van der Waals surface area (Å²) in [7, 11) is 0. The summed E-state index contributed by atoms with van der Waals surface area (Å²) in [6, 6.07) is 9.26. The van der Waals surface area contributed by atoms with Crippen molar-refractivity contribution in [3.63, 3.8) is 0 Å². The summed E-state index contributed by atoms with van der Waals surface area (Å²) in [6.07, 6.45) is 2.81. The Morgan fingerprint density at radius 1 is 1.45 bits per heavy atom. The first-order valence-corrected chi connectivity index (χ1v) is 11.5. The molecule has 1 atom stereocenters. The molecule has 0 aliphatic carbocycles. The van der Waals surface area contributed by atoms with Gasteiger partial charge in [0.05, 0.1) is 23.3 Å². The van der Waals surface area contributed by atoms with Crippen LogP contribution in [0.4, 0.5) is 4.79 Å². The van der Waals surface area contributed by atoms with Crippen LogP contribution in [0, 0.1) is 11.3 Å². The van der Waals surface area contributed by atoms with E-state index >= 15 is 0 Å². The molecule has 2 fully saturated rings. The van der Waals surface area contributed by atoms with Gasteiger partial charge in [-0.25, -0.2) is 9.10 Å². The Balaban J connectivity index is 1.76. The number of benzene rings is 1. The number of hydrogen-bond acceptors (Lipinski definition) is 8. The van der Waals surface area contributed by atoms with Crippen molar-refractivity contribution < 1.29 is 18.9 Å². The second-order valence-electron chi connectivity index (χ2n) is 7.10. The normalized spacial score (nSPS) is 21.3. The van der Waals surface area contributed by atoms with E-state index in [4.69, 9.17) is 10.4 Å². The Morgan fingerprint density at radius 3 is 2.86 bits per heavy atom. The number of piperidine rings is 1. The van der Waals surface area contributed by atoms with Gasteiger partial charge in [-0.05, 0) is 49.0 Å². The molecule has 1 aromatic rings. The third-order valence-corrected chi connectivity index (χ3v) is 6.73. The summed E-state index contributed by atoms with van der Waals surface area (Å²) in [4.78, 5) is 25.7. The summed E-state index contributed by atoms with van der Waals surface area (Å²) >= 11 is 2.55. The maximum absolute atomic E-state index is 13.2. The number of hydrogen-bond donors (Lipinski definition) is 2. The lowest BCUT2D eigenvalue weighted by Gasteiger charge is -2.43. The van der Waals surface area contributed by atoms with E-state index in [0.717, 1.165) is 30.0 Å². The molecule has 1 spiro atoms. The van der Waals surface area contributed by atoms with E-state index in [0.29, 0.717) is 38.0 Å². The molecule has 0 saturated carbocycles. The number of nitrogens with zero attached hydrogens (tertiary/aromatic N) is 3. The van der Waals surface area contributed by atoms with Crippen molar-refractivity contribution in [2.24, 2.45) is 0 Å². The number of carboxylic acid groups (broad SMARTS) is 1. The second kappa shape index (κ2) is 9.71. The minimum Gasteiger partial charge on any atom is -0.449 e. The molecule has 0 radical (unpaired) electrons. The lowest BCUT2D eigenvalue weighted by molar-refractivity contribution is -0.134. The van der Waals surface area contributed by atoms with Gasteiger partial charge in [0.1, 0.15) is 0 Å². The van der Waals surface area contributed by atoms with E-state index in [1.807, 2.05) is 33.7 Å². The van der Waals surface area contributed by atoms with Gasteiger partial charge in [-0.15, -0.1) is 0 Å². The Kier molecular flexibility index (Phi) is 7.29. The van der Waals surface area contributed by atoms with Crippen molar-refractivity contribution in [3.8, 4) is 6.07 Å². The highest BCUT2D eigenvalue weighted by Crippen LogP contribution is 2.36. The number of nitrogens with one attached hydrogen (secondary N) is 1. The average molecular weight is 437 g/mol. The average Bonchev–Trinajstić information content (AvgIpc) is 2.97. The molecule has 29 heavy (non-hydrogen) atoms. The summed E-state index contributed by atoms with van der Waals surface area (Å²) < 4.78 is 6.46. The summed E-state index contributed by atoms with van der Waals surface area (Å²) in [6.45, 7) is 1.64. The number of carbonyl (C=O) groups is 2. The van der Waals surface area contributed by atoms with E-state index in [2.05, 4.69) is 15.6 Å². The zero-order valence-corrected chi connectivity index (χ0v) is 17.8. The van der Waals surface area contributed by atoms with Gasteiger partial charge in [0.25, 0.3) is 0 Å². The van der Waals surface area contributed by atoms with Crippen LogP contribution in [0.2, 0.25) is 0 Å². The summed E-state index contributed by atoms with van der Waals surface area (Å²) in [5.74, 6) is 0.982. The number of carbonyl (C=O) groups excluding carboxylic acids is 1.